The molecule has 0 bridgehead atoms. The SMILES string of the molecule is Cc1ccc(SC2=C(Nc3ccccc3F)C(=O)N(c3cc(C)cc(C)c3)C2=O)cc1. The van der Waals surface area contributed by atoms with Gasteiger partial charge in [-0.05, 0) is 68.3 Å². The lowest BCUT2D eigenvalue weighted by Crippen LogP contribution is -2.32. The molecule has 1 aliphatic rings. The summed E-state index contributed by atoms with van der Waals surface area (Å²) in [5, 5.41) is 2.87. The quantitative estimate of drug-likeness (QED) is 0.523. The summed E-state index contributed by atoms with van der Waals surface area (Å²) in [6, 6.07) is 19.3. The predicted molar refractivity (Wildman–Crippen MR) is 122 cm³/mol. The molecule has 3 aromatic carbocycles. The van der Waals surface area contributed by atoms with Crippen LogP contribution in [-0.4, -0.2) is 11.8 Å². The van der Waals surface area contributed by atoms with Gasteiger partial charge in [-0.2, -0.15) is 0 Å². The van der Waals surface area contributed by atoms with Crippen LogP contribution in [0.15, 0.2) is 82.2 Å². The van der Waals surface area contributed by atoms with E-state index in [0.717, 1.165) is 26.5 Å². The molecule has 0 fully saturated rings. The predicted octanol–water partition coefficient (Wildman–Crippen LogP) is 5.74. The molecule has 0 aromatic heterocycles. The lowest BCUT2D eigenvalue weighted by atomic mass is 10.1. The Hall–Kier alpha value is -3.38. The Morgan fingerprint density at radius 3 is 2.10 bits per heavy atom. The van der Waals surface area contributed by atoms with Gasteiger partial charge in [0.1, 0.15) is 16.4 Å². The molecule has 0 saturated heterocycles. The van der Waals surface area contributed by atoms with Gasteiger partial charge in [-0.15, -0.1) is 0 Å². The van der Waals surface area contributed by atoms with Gasteiger partial charge in [0.05, 0.1) is 11.4 Å². The van der Waals surface area contributed by atoms with Crippen LogP contribution in [0, 0.1) is 26.6 Å². The number of carbonyl (C=O) groups is 2. The maximum absolute atomic E-state index is 14.3. The van der Waals surface area contributed by atoms with Crippen molar-refractivity contribution in [2.24, 2.45) is 0 Å². The molecule has 4 rings (SSSR count). The van der Waals surface area contributed by atoms with E-state index >= 15 is 0 Å². The molecule has 31 heavy (non-hydrogen) atoms. The molecule has 156 valence electrons. The molecule has 0 saturated carbocycles. The molecule has 4 nitrogen and oxygen atoms in total. The summed E-state index contributed by atoms with van der Waals surface area (Å²) in [5.41, 5.74) is 3.69. The van der Waals surface area contributed by atoms with Crippen molar-refractivity contribution in [2.45, 2.75) is 25.7 Å². The van der Waals surface area contributed by atoms with Gasteiger partial charge in [0, 0.05) is 4.90 Å². The standard InChI is InChI=1S/C25H21FN2O2S/c1-15-8-10-19(11-9-15)31-23-22(27-21-7-5-4-6-20(21)26)24(29)28(25(23)30)18-13-16(2)12-17(3)14-18/h4-14,27H,1-3H3. The second-order valence-electron chi connectivity index (χ2n) is 7.52. The molecule has 1 heterocycles. The van der Waals surface area contributed by atoms with Crippen molar-refractivity contribution in [3.05, 3.63) is 99.8 Å². The molecule has 3 aromatic rings. The number of rotatable bonds is 5. The lowest BCUT2D eigenvalue weighted by Gasteiger charge is -2.17. The molecule has 0 unspecified atom stereocenters. The van der Waals surface area contributed by atoms with Gasteiger partial charge in [-0.3, -0.25) is 9.59 Å². The number of benzene rings is 3. The van der Waals surface area contributed by atoms with E-state index in [4.69, 9.17) is 0 Å². The Balaban J connectivity index is 1.78. The van der Waals surface area contributed by atoms with E-state index in [1.54, 1.807) is 24.3 Å². The van der Waals surface area contributed by atoms with Crippen LogP contribution in [0.3, 0.4) is 0 Å². The average Bonchev–Trinajstić information content (AvgIpc) is 2.94. The van der Waals surface area contributed by atoms with Gasteiger partial charge in [0.2, 0.25) is 0 Å². The largest absolute Gasteiger partial charge is 0.348 e. The average molecular weight is 433 g/mol. The fourth-order valence-electron chi connectivity index (χ4n) is 3.45. The number of halogens is 1. The number of imide groups is 1. The van der Waals surface area contributed by atoms with Crippen LogP contribution in [0.5, 0.6) is 0 Å². The van der Waals surface area contributed by atoms with Crippen molar-refractivity contribution < 1.29 is 14.0 Å². The maximum Gasteiger partial charge on any atom is 0.283 e. The van der Waals surface area contributed by atoms with Crippen molar-refractivity contribution in [1.82, 2.24) is 0 Å². The minimum atomic E-state index is -0.507. The summed E-state index contributed by atoms with van der Waals surface area (Å²) < 4.78 is 14.3. The highest BCUT2D eigenvalue weighted by molar-refractivity contribution is 8.04. The Kier molecular flexibility index (Phi) is 5.65. The summed E-state index contributed by atoms with van der Waals surface area (Å²) in [7, 11) is 0. The number of thioether (sulfide) groups is 1. The van der Waals surface area contributed by atoms with Crippen LogP contribution in [-0.2, 0) is 9.59 Å². The van der Waals surface area contributed by atoms with Gasteiger partial charge < -0.3 is 5.32 Å². The Labute approximate surface area is 184 Å². The minimum absolute atomic E-state index is 0.0693. The number of para-hydroxylation sites is 1. The zero-order valence-electron chi connectivity index (χ0n) is 17.4. The van der Waals surface area contributed by atoms with E-state index < -0.39 is 17.6 Å². The Morgan fingerprint density at radius 1 is 0.806 bits per heavy atom. The molecule has 0 spiro atoms. The lowest BCUT2D eigenvalue weighted by molar-refractivity contribution is -0.120. The highest BCUT2D eigenvalue weighted by atomic mass is 32.2. The summed E-state index contributed by atoms with van der Waals surface area (Å²) in [6.45, 7) is 5.80. The third kappa shape index (κ3) is 4.25. The van der Waals surface area contributed by atoms with Crippen molar-refractivity contribution in [3.8, 4) is 0 Å². The maximum atomic E-state index is 14.3. The number of carbonyl (C=O) groups excluding carboxylic acids is 2. The van der Waals surface area contributed by atoms with Crippen molar-refractivity contribution >= 4 is 35.0 Å². The normalized spacial score (nSPS) is 13.9. The van der Waals surface area contributed by atoms with Gasteiger partial charge in [-0.1, -0.05) is 47.7 Å². The van der Waals surface area contributed by atoms with E-state index in [9.17, 15) is 14.0 Å². The topological polar surface area (TPSA) is 49.4 Å². The third-order valence-corrected chi connectivity index (χ3v) is 5.97. The first kappa shape index (κ1) is 20.9. The van der Waals surface area contributed by atoms with Gasteiger partial charge in [-0.25, -0.2) is 9.29 Å². The fourth-order valence-corrected chi connectivity index (χ4v) is 4.38. The van der Waals surface area contributed by atoms with Crippen molar-refractivity contribution in [3.63, 3.8) is 0 Å². The molecule has 0 radical (unpaired) electrons. The van der Waals surface area contributed by atoms with E-state index in [2.05, 4.69) is 5.32 Å². The van der Waals surface area contributed by atoms with Gasteiger partial charge in [0.15, 0.2) is 0 Å². The van der Waals surface area contributed by atoms with E-state index in [1.165, 1.54) is 23.9 Å². The zero-order chi connectivity index (χ0) is 22.1. The van der Waals surface area contributed by atoms with Crippen LogP contribution in [0.2, 0.25) is 0 Å². The number of nitrogens with zero attached hydrogens (tertiary/aromatic N) is 1. The smallest absolute Gasteiger partial charge is 0.283 e. The first-order valence-corrected chi connectivity index (χ1v) is 10.6. The molecule has 0 atom stereocenters. The molecule has 1 N–H and O–H groups in total. The molecular formula is C25H21FN2O2S. The summed E-state index contributed by atoms with van der Waals surface area (Å²) in [4.78, 5) is 28.9. The number of nitrogens with one attached hydrogen (secondary N) is 1. The van der Waals surface area contributed by atoms with E-state index in [1.807, 2.05) is 51.1 Å². The summed E-state index contributed by atoms with van der Waals surface area (Å²) in [5.74, 6) is -1.44. The molecule has 6 heteroatoms. The first-order valence-electron chi connectivity index (χ1n) is 9.81. The zero-order valence-corrected chi connectivity index (χ0v) is 18.2. The highest BCUT2D eigenvalue weighted by Gasteiger charge is 2.40. The second-order valence-corrected chi connectivity index (χ2v) is 8.60. The minimum Gasteiger partial charge on any atom is -0.348 e. The van der Waals surface area contributed by atoms with Crippen LogP contribution >= 0.6 is 11.8 Å². The van der Waals surface area contributed by atoms with Crippen molar-refractivity contribution in [2.75, 3.05) is 10.2 Å². The Morgan fingerprint density at radius 2 is 1.45 bits per heavy atom. The summed E-state index contributed by atoms with van der Waals surface area (Å²) >= 11 is 1.19. The first-order chi connectivity index (χ1) is 14.8. The number of hydrogen-bond donors (Lipinski definition) is 1. The monoisotopic (exact) mass is 432 g/mol. The van der Waals surface area contributed by atoms with Gasteiger partial charge >= 0.3 is 0 Å². The molecule has 0 aliphatic carbocycles. The third-order valence-electron chi connectivity index (χ3n) is 4.88. The van der Waals surface area contributed by atoms with E-state index in [-0.39, 0.29) is 16.3 Å². The van der Waals surface area contributed by atoms with Crippen LogP contribution in [0.4, 0.5) is 15.8 Å². The fraction of sp³-hybridized carbons (Fsp3) is 0.120. The van der Waals surface area contributed by atoms with Crippen LogP contribution < -0.4 is 10.2 Å². The van der Waals surface area contributed by atoms with Gasteiger partial charge in [0.25, 0.3) is 11.8 Å². The molecule has 2 amide bonds. The highest BCUT2D eigenvalue weighted by Crippen LogP contribution is 2.38. The van der Waals surface area contributed by atoms with Crippen LogP contribution in [0.1, 0.15) is 16.7 Å². The number of amides is 2. The molecule has 1 aliphatic heterocycles. The summed E-state index contributed by atoms with van der Waals surface area (Å²) in [6.07, 6.45) is 0. The van der Waals surface area contributed by atoms with E-state index in [0.29, 0.717) is 5.69 Å². The van der Waals surface area contributed by atoms with Crippen molar-refractivity contribution in [1.29, 1.82) is 0 Å². The Bertz CT molecular complexity index is 1200. The number of anilines is 2. The number of hydrogen-bond acceptors (Lipinski definition) is 4. The number of aryl methyl sites for hydroxylation is 3. The van der Waals surface area contributed by atoms with Crippen LogP contribution in [0.25, 0.3) is 0 Å². The molecular weight excluding hydrogens is 411 g/mol. The second kappa shape index (κ2) is 8.40.